The van der Waals surface area contributed by atoms with Crippen molar-refractivity contribution in [1.29, 1.82) is 0 Å². The minimum Gasteiger partial charge on any atom is -0.411 e. The highest BCUT2D eigenvalue weighted by molar-refractivity contribution is 9.10. The van der Waals surface area contributed by atoms with Crippen molar-refractivity contribution in [2.24, 2.45) is 11.1 Å². The Kier molecular flexibility index (Phi) is 4.27. The van der Waals surface area contributed by atoms with Crippen molar-refractivity contribution in [3.8, 4) is 0 Å². The molecule has 2 rings (SSSR count). The van der Waals surface area contributed by atoms with E-state index in [0.29, 0.717) is 25.2 Å². The molecule has 0 saturated carbocycles. The van der Waals surface area contributed by atoms with Crippen LogP contribution in [-0.2, 0) is 10.0 Å². The molecule has 5 nitrogen and oxygen atoms in total. The van der Waals surface area contributed by atoms with E-state index in [1.54, 1.807) is 24.3 Å². The molecule has 1 aliphatic rings. The number of halogens is 1. The normalized spacial score (nSPS) is 23.7. The largest absolute Gasteiger partial charge is 0.411 e. The number of benzene rings is 1. The third-order valence-corrected chi connectivity index (χ3v) is 5.58. The van der Waals surface area contributed by atoms with E-state index in [9.17, 15) is 8.42 Å². The van der Waals surface area contributed by atoms with Gasteiger partial charge in [-0.3, -0.25) is 0 Å². The summed E-state index contributed by atoms with van der Waals surface area (Å²) >= 11 is 3.28. The van der Waals surface area contributed by atoms with Crippen LogP contribution in [0.2, 0.25) is 0 Å². The Balaban J connectivity index is 2.27. The lowest BCUT2D eigenvalue weighted by Crippen LogP contribution is -2.43. The first kappa shape index (κ1) is 14.5. The van der Waals surface area contributed by atoms with Gasteiger partial charge in [0.1, 0.15) is 0 Å². The third-order valence-electron chi connectivity index (χ3n) is 3.23. The van der Waals surface area contributed by atoms with Gasteiger partial charge in [-0.1, -0.05) is 34.1 Å². The van der Waals surface area contributed by atoms with E-state index in [1.807, 2.05) is 6.92 Å². The van der Waals surface area contributed by atoms with Crippen molar-refractivity contribution in [3.63, 3.8) is 0 Å². The summed E-state index contributed by atoms with van der Waals surface area (Å²) in [6.45, 7) is 2.55. The first-order valence-electron chi connectivity index (χ1n) is 5.91. The number of piperidine rings is 1. The lowest BCUT2D eigenvalue weighted by Gasteiger charge is -2.30. The molecule has 0 bridgehead atoms. The molecule has 1 aromatic rings. The van der Waals surface area contributed by atoms with E-state index in [0.717, 1.165) is 4.47 Å². The van der Waals surface area contributed by atoms with E-state index in [4.69, 9.17) is 5.21 Å². The van der Waals surface area contributed by atoms with Crippen LogP contribution < -0.4 is 0 Å². The summed E-state index contributed by atoms with van der Waals surface area (Å²) in [6.07, 6.45) is 0.463. The van der Waals surface area contributed by atoms with Gasteiger partial charge < -0.3 is 5.21 Å². The van der Waals surface area contributed by atoms with Gasteiger partial charge in [0, 0.05) is 29.9 Å². The molecule has 1 heterocycles. The summed E-state index contributed by atoms with van der Waals surface area (Å²) in [5.74, 6) is -0.0688. The van der Waals surface area contributed by atoms with Crippen LogP contribution in [0, 0.1) is 5.92 Å². The van der Waals surface area contributed by atoms with Crippen molar-refractivity contribution in [1.82, 2.24) is 4.31 Å². The predicted molar refractivity (Wildman–Crippen MR) is 75.9 cm³/mol. The number of rotatable bonds is 2. The van der Waals surface area contributed by atoms with Gasteiger partial charge in [0.2, 0.25) is 10.0 Å². The zero-order chi connectivity index (χ0) is 14.0. The van der Waals surface area contributed by atoms with Gasteiger partial charge in [0.15, 0.2) is 0 Å². The van der Waals surface area contributed by atoms with E-state index < -0.39 is 10.0 Å². The summed E-state index contributed by atoms with van der Waals surface area (Å²) < 4.78 is 27.1. The molecule has 1 unspecified atom stereocenters. The smallest absolute Gasteiger partial charge is 0.243 e. The maximum absolute atomic E-state index is 12.5. The van der Waals surface area contributed by atoms with E-state index >= 15 is 0 Å². The molecule has 7 heteroatoms. The predicted octanol–water partition coefficient (Wildman–Crippen LogP) is 2.31. The van der Waals surface area contributed by atoms with Crippen molar-refractivity contribution in [2.75, 3.05) is 13.1 Å². The molecule has 1 fully saturated rings. The second-order valence-electron chi connectivity index (χ2n) is 4.56. The number of oxime groups is 1. The quantitative estimate of drug-likeness (QED) is 0.659. The lowest BCUT2D eigenvalue weighted by atomic mass is 10.00. The molecular formula is C12H15BrN2O3S. The number of hydrogen-bond donors (Lipinski definition) is 1. The summed E-state index contributed by atoms with van der Waals surface area (Å²) in [6, 6.07) is 6.66. The standard InChI is InChI=1S/C12H15BrN2O3S/c1-9-8-15(6-5-12(9)14-16)19(17,18)11-4-2-3-10(13)7-11/h2-4,7,9,16H,5-6,8H2,1H3/b14-12+. The van der Waals surface area contributed by atoms with Gasteiger partial charge in [0.05, 0.1) is 10.6 Å². The summed E-state index contributed by atoms with van der Waals surface area (Å²) in [4.78, 5) is 0.276. The Labute approximate surface area is 121 Å². The Morgan fingerprint density at radius 3 is 2.79 bits per heavy atom. The minimum atomic E-state index is -3.48. The molecule has 0 aromatic heterocycles. The molecule has 1 aromatic carbocycles. The van der Waals surface area contributed by atoms with Crippen LogP contribution >= 0.6 is 15.9 Å². The SMILES string of the molecule is CC1CN(S(=O)(=O)c2cccc(Br)c2)CC/C1=N\O. The monoisotopic (exact) mass is 346 g/mol. The Bertz CT molecular complexity index is 601. The summed E-state index contributed by atoms with van der Waals surface area (Å²) in [5, 5.41) is 12.0. The molecule has 1 atom stereocenters. The highest BCUT2D eigenvalue weighted by Crippen LogP contribution is 2.24. The van der Waals surface area contributed by atoms with Crippen LogP contribution in [0.1, 0.15) is 13.3 Å². The van der Waals surface area contributed by atoms with Gasteiger partial charge in [-0.25, -0.2) is 8.42 Å². The van der Waals surface area contributed by atoms with Crippen LogP contribution in [0.4, 0.5) is 0 Å². The average molecular weight is 347 g/mol. The zero-order valence-corrected chi connectivity index (χ0v) is 12.9. The molecule has 1 N–H and O–H groups in total. The molecule has 104 valence electrons. The fourth-order valence-electron chi connectivity index (χ4n) is 2.13. The Morgan fingerprint density at radius 1 is 1.47 bits per heavy atom. The first-order valence-corrected chi connectivity index (χ1v) is 8.15. The minimum absolute atomic E-state index is 0.0688. The summed E-state index contributed by atoms with van der Waals surface area (Å²) in [5.41, 5.74) is 0.653. The maximum Gasteiger partial charge on any atom is 0.243 e. The van der Waals surface area contributed by atoms with Gasteiger partial charge in [-0.15, -0.1) is 0 Å². The highest BCUT2D eigenvalue weighted by atomic mass is 79.9. The first-order chi connectivity index (χ1) is 8.95. The van der Waals surface area contributed by atoms with E-state index in [2.05, 4.69) is 21.1 Å². The van der Waals surface area contributed by atoms with Gasteiger partial charge in [-0.05, 0) is 18.2 Å². The lowest BCUT2D eigenvalue weighted by molar-refractivity contribution is 0.300. The molecule has 1 aliphatic heterocycles. The molecule has 0 spiro atoms. The molecule has 19 heavy (non-hydrogen) atoms. The fourth-order valence-corrected chi connectivity index (χ4v) is 4.26. The number of nitrogens with zero attached hydrogens (tertiary/aromatic N) is 2. The summed E-state index contributed by atoms with van der Waals surface area (Å²) in [7, 11) is -3.48. The van der Waals surface area contributed by atoms with Gasteiger partial charge in [-0.2, -0.15) is 4.31 Å². The maximum atomic E-state index is 12.5. The van der Waals surface area contributed by atoms with Crippen LogP contribution in [-0.4, -0.2) is 36.7 Å². The molecular weight excluding hydrogens is 332 g/mol. The topological polar surface area (TPSA) is 70.0 Å². The van der Waals surface area contributed by atoms with E-state index in [-0.39, 0.29) is 10.8 Å². The van der Waals surface area contributed by atoms with Gasteiger partial charge >= 0.3 is 0 Å². The Hall–Kier alpha value is -0.920. The fraction of sp³-hybridized carbons (Fsp3) is 0.417. The second kappa shape index (κ2) is 5.60. The van der Waals surface area contributed by atoms with Crippen LogP contribution in [0.15, 0.2) is 38.8 Å². The van der Waals surface area contributed by atoms with Crippen LogP contribution in [0.3, 0.4) is 0 Å². The van der Waals surface area contributed by atoms with E-state index in [1.165, 1.54) is 4.31 Å². The van der Waals surface area contributed by atoms with Crippen molar-refractivity contribution >= 4 is 31.7 Å². The van der Waals surface area contributed by atoms with Crippen molar-refractivity contribution in [3.05, 3.63) is 28.7 Å². The second-order valence-corrected chi connectivity index (χ2v) is 7.42. The average Bonchev–Trinajstić information content (AvgIpc) is 2.38. The third kappa shape index (κ3) is 2.98. The molecule has 0 amide bonds. The van der Waals surface area contributed by atoms with Crippen molar-refractivity contribution in [2.45, 2.75) is 18.2 Å². The highest BCUT2D eigenvalue weighted by Gasteiger charge is 2.31. The van der Waals surface area contributed by atoms with Gasteiger partial charge in [0.25, 0.3) is 0 Å². The molecule has 0 radical (unpaired) electrons. The van der Waals surface area contributed by atoms with Crippen LogP contribution in [0.25, 0.3) is 0 Å². The number of hydrogen-bond acceptors (Lipinski definition) is 4. The zero-order valence-electron chi connectivity index (χ0n) is 10.5. The van der Waals surface area contributed by atoms with Crippen LogP contribution in [0.5, 0.6) is 0 Å². The molecule has 0 aliphatic carbocycles. The Morgan fingerprint density at radius 2 is 2.21 bits per heavy atom. The number of sulfonamides is 1. The van der Waals surface area contributed by atoms with Crippen molar-refractivity contribution < 1.29 is 13.6 Å². The molecule has 1 saturated heterocycles.